The molecule has 0 N–H and O–H groups in total. The summed E-state index contributed by atoms with van der Waals surface area (Å²) in [5.41, 5.74) is 2.48. The summed E-state index contributed by atoms with van der Waals surface area (Å²) in [6, 6.07) is 16.2. The van der Waals surface area contributed by atoms with Crippen molar-refractivity contribution in [2.45, 2.75) is 51.2 Å². The molecule has 4 rings (SSSR count). The Morgan fingerprint density at radius 3 is 2.39 bits per heavy atom. The van der Waals surface area contributed by atoms with E-state index in [0.717, 1.165) is 41.5 Å². The lowest BCUT2D eigenvalue weighted by atomic mass is 9.83. The smallest absolute Gasteiger partial charge is 0.364 e. The number of halogens is 1. The maximum atomic E-state index is 12.5. The molecule has 7 nitrogen and oxygen atoms in total. The van der Waals surface area contributed by atoms with Crippen LogP contribution in [0.3, 0.4) is 0 Å². The average molecular weight is 514 g/mol. The molecule has 0 bridgehead atoms. The van der Waals surface area contributed by atoms with E-state index in [-0.39, 0.29) is 18.4 Å². The van der Waals surface area contributed by atoms with E-state index in [1.165, 1.54) is 5.56 Å². The van der Waals surface area contributed by atoms with Gasteiger partial charge in [-0.3, -0.25) is 0 Å². The van der Waals surface area contributed by atoms with Gasteiger partial charge in [-0.15, -0.1) is 5.10 Å². The number of hydrogen-bond acceptors (Lipinski definition) is 6. The van der Waals surface area contributed by atoms with Crippen molar-refractivity contribution in [3.05, 3.63) is 69.8 Å². The van der Waals surface area contributed by atoms with Crippen molar-refractivity contribution in [1.82, 2.24) is 15.0 Å². The monoisotopic (exact) mass is 513 g/mol. The summed E-state index contributed by atoms with van der Waals surface area (Å²) in [5, 5.41) is 8.28. The van der Waals surface area contributed by atoms with Crippen LogP contribution in [0.15, 0.2) is 53.0 Å². The molecule has 0 unspecified atom stereocenters. The normalized spacial score (nSPS) is 18.0. The summed E-state index contributed by atoms with van der Waals surface area (Å²) in [6.45, 7) is 2.46. The lowest BCUT2D eigenvalue weighted by Gasteiger charge is -2.29. The molecule has 1 fully saturated rings. The summed E-state index contributed by atoms with van der Waals surface area (Å²) >= 11 is 3.50. The highest BCUT2D eigenvalue weighted by atomic mass is 79.9. The molecular formula is C25H28BrN3O4. The number of benzene rings is 2. The van der Waals surface area contributed by atoms with Crippen LogP contribution in [0.25, 0.3) is 0 Å². The van der Waals surface area contributed by atoms with Gasteiger partial charge in [0.15, 0.2) is 0 Å². The lowest BCUT2D eigenvalue weighted by molar-refractivity contribution is 0.0507. The Hall–Kier alpha value is -2.87. The van der Waals surface area contributed by atoms with Crippen LogP contribution in [0.4, 0.5) is 0 Å². The Morgan fingerprint density at radius 1 is 1.06 bits per heavy atom. The molecule has 1 aliphatic rings. The molecule has 1 heterocycles. The topological polar surface area (TPSA) is 75.5 Å². The largest absolute Gasteiger partial charge is 0.497 e. The Bertz CT molecular complexity index is 1060. The minimum absolute atomic E-state index is 0.00186. The number of rotatable bonds is 8. The fourth-order valence-electron chi connectivity index (χ4n) is 4.16. The Balaban J connectivity index is 1.48. The highest BCUT2D eigenvalue weighted by Crippen LogP contribution is 2.35. The first kappa shape index (κ1) is 23.3. The third kappa shape index (κ3) is 5.74. The second kappa shape index (κ2) is 10.8. The fraction of sp³-hybridized carbons (Fsp3) is 0.400. The molecule has 1 saturated carbocycles. The van der Waals surface area contributed by atoms with E-state index < -0.39 is 5.97 Å². The van der Waals surface area contributed by atoms with Crippen LogP contribution < -0.4 is 9.47 Å². The minimum atomic E-state index is -0.517. The molecular weight excluding hydrogens is 486 g/mol. The van der Waals surface area contributed by atoms with Crippen molar-refractivity contribution in [2.24, 2.45) is 0 Å². The molecule has 0 radical (unpaired) electrons. The number of aromatic nitrogens is 3. The van der Waals surface area contributed by atoms with Crippen molar-refractivity contribution in [2.75, 3.05) is 13.7 Å². The Kier molecular flexibility index (Phi) is 7.65. The molecule has 0 spiro atoms. The van der Waals surface area contributed by atoms with Crippen molar-refractivity contribution in [1.29, 1.82) is 0 Å². The maximum absolute atomic E-state index is 12.5. The van der Waals surface area contributed by atoms with Crippen LogP contribution in [-0.2, 0) is 11.3 Å². The van der Waals surface area contributed by atoms with E-state index in [0.29, 0.717) is 18.3 Å². The number of nitrogens with zero attached hydrogens (tertiary/aromatic N) is 3. The molecule has 3 aromatic rings. The SMILES string of the molecule is CCOC(=O)c1nnn(Cc2ccc(OC)cc2)c1OC1CCC(c2ccc(Br)cc2)CC1. The van der Waals surface area contributed by atoms with Crippen molar-refractivity contribution < 1.29 is 19.0 Å². The fourth-order valence-corrected chi connectivity index (χ4v) is 4.43. The van der Waals surface area contributed by atoms with Crippen LogP contribution in [0.1, 0.15) is 60.1 Å². The van der Waals surface area contributed by atoms with Gasteiger partial charge >= 0.3 is 5.97 Å². The van der Waals surface area contributed by atoms with Gasteiger partial charge in [0.25, 0.3) is 0 Å². The van der Waals surface area contributed by atoms with Gasteiger partial charge < -0.3 is 14.2 Å². The van der Waals surface area contributed by atoms with Gasteiger partial charge in [0.2, 0.25) is 11.6 Å². The molecule has 2 aromatic carbocycles. The molecule has 174 valence electrons. The van der Waals surface area contributed by atoms with Gasteiger partial charge in [0, 0.05) is 4.47 Å². The van der Waals surface area contributed by atoms with Crippen molar-refractivity contribution >= 4 is 21.9 Å². The summed E-state index contributed by atoms with van der Waals surface area (Å²) in [7, 11) is 1.63. The van der Waals surface area contributed by atoms with E-state index in [4.69, 9.17) is 14.2 Å². The van der Waals surface area contributed by atoms with Crippen molar-refractivity contribution in [3.8, 4) is 11.6 Å². The molecule has 8 heteroatoms. The molecule has 1 aromatic heterocycles. The van der Waals surface area contributed by atoms with E-state index in [9.17, 15) is 4.79 Å². The highest BCUT2D eigenvalue weighted by Gasteiger charge is 2.29. The molecule has 0 aliphatic heterocycles. The van der Waals surface area contributed by atoms with Gasteiger partial charge in [-0.05, 0) is 73.9 Å². The molecule has 0 atom stereocenters. The predicted octanol–water partition coefficient (Wildman–Crippen LogP) is 5.38. The number of methoxy groups -OCH3 is 1. The highest BCUT2D eigenvalue weighted by molar-refractivity contribution is 9.10. The van der Waals surface area contributed by atoms with E-state index >= 15 is 0 Å². The number of carbonyl (C=O) groups is 1. The minimum Gasteiger partial charge on any atom is -0.497 e. The summed E-state index contributed by atoms with van der Waals surface area (Å²) < 4.78 is 19.5. The molecule has 33 heavy (non-hydrogen) atoms. The van der Waals surface area contributed by atoms with Crippen LogP contribution in [0.2, 0.25) is 0 Å². The number of ether oxygens (including phenoxy) is 3. The summed E-state index contributed by atoms with van der Waals surface area (Å²) in [6.07, 6.45) is 3.85. The van der Waals surface area contributed by atoms with Gasteiger partial charge in [-0.25, -0.2) is 9.48 Å². The zero-order valence-electron chi connectivity index (χ0n) is 18.9. The summed E-state index contributed by atoms with van der Waals surface area (Å²) in [5.74, 6) is 1.15. The zero-order chi connectivity index (χ0) is 23.2. The standard InChI is InChI=1S/C25H28BrN3O4/c1-3-32-25(30)23-24(29(28-27-23)16-17-4-12-21(31-2)13-5-17)33-22-14-8-19(9-15-22)18-6-10-20(26)11-7-18/h4-7,10-13,19,22H,3,8-9,14-16H2,1-2H3. The van der Waals surface area contributed by atoms with Gasteiger partial charge in [0.05, 0.1) is 20.3 Å². The Labute approximate surface area is 202 Å². The second-order valence-electron chi connectivity index (χ2n) is 8.11. The first-order valence-corrected chi connectivity index (χ1v) is 12.0. The Morgan fingerprint density at radius 2 is 1.76 bits per heavy atom. The van der Waals surface area contributed by atoms with E-state index in [1.54, 1.807) is 18.7 Å². The van der Waals surface area contributed by atoms with Crippen LogP contribution in [0.5, 0.6) is 11.6 Å². The van der Waals surface area contributed by atoms with Gasteiger partial charge in [-0.1, -0.05) is 45.4 Å². The third-order valence-corrected chi connectivity index (χ3v) is 6.47. The average Bonchev–Trinajstić information content (AvgIpc) is 3.23. The van der Waals surface area contributed by atoms with Gasteiger partial charge in [0.1, 0.15) is 11.9 Å². The van der Waals surface area contributed by atoms with Crippen LogP contribution in [0, 0.1) is 0 Å². The number of esters is 1. The molecule has 0 amide bonds. The van der Waals surface area contributed by atoms with E-state index in [1.807, 2.05) is 24.3 Å². The quantitative estimate of drug-likeness (QED) is 0.376. The summed E-state index contributed by atoms with van der Waals surface area (Å²) in [4.78, 5) is 12.5. The molecule has 0 saturated heterocycles. The number of hydrogen-bond donors (Lipinski definition) is 0. The van der Waals surface area contributed by atoms with Crippen LogP contribution in [-0.4, -0.2) is 40.8 Å². The zero-order valence-corrected chi connectivity index (χ0v) is 20.5. The maximum Gasteiger partial charge on any atom is 0.364 e. The first-order valence-electron chi connectivity index (χ1n) is 11.2. The van der Waals surface area contributed by atoms with Crippen LogP contribution >= 0.6 is 15.9 Å². The lowest BCUT2D eigenvalue weighted by Crippen LogP contribution is -2.25. The predicted molar refractivity (Wildman–Crippen MR) is 128 cm³/mol. The van der Waals surface area contributed by atoms with Gasteiger partial charge in [-0.2, -0.15) is 0 Å². The van der Waals surface area contributed by atoms with Crippen molar-refractivity contribution in [3.63, 3.8) is 0 Å². The number of carbonyl (C=O) groups excluding carboxylic acids is 1. The second-order valence-corrected chi connectivity index (χ2v) is 9.03. The van der Waals surface area contributed by atoms with E-state index in [2.05, 4.69) is 50.5 Å². The third-order valence-electron chi connectivity index (χ3n) is 5.94. The molecule has 1 aliphatic carbocycles. The first-order chi connectivity index (χ1) is 16.1.